The first-order valence-electron chi connectivity index (χ1n) is 20.7. The number of methoxy groups -OCH3 is 3. The summed E-state index contributed by atoms with van der Waals surface area (Å²) in [6.07, 6.45) is 5.16. The highest BCUT2D eigenvalue weighted by Crippen LogP contribution is 2.39. The molecule has 3 aliphatic heterocycles. The number of esters is 1. The van der Waals surface area contributed by atoms with Crippen LogP contribution in [0.5, 0.6) is 0 Å². The SMILES string of the molecule is CC[C@@H]1/C=C(\C)C[C@H](C)C[C@H](OC)[C@H]2O[C@@](O)(C(=O)C(=O)N3CCCC[C@H]3C(=O)O[C@H](/C(C)=C/[C@@H]3CC[C@H](Cl)[C@H](OC)C3)[C@H](C)[C@@H](O)CC1=O)[C@H](C)C[C@@H]2OC.O. The molecule has 0 spiro atoms. The molecule has 4 N–H and O–H groups in total. The predicted molar refractivity (Wildman–Crippen MR) is 215 cm³/mol. The molecule has 2 bridgehead atoms. The molecular weight excluding hydrogens is 758 g/mol. The van der Waals surface area contributed by atoms with Gasteiger partial charge in [0.2, 0.25) is 5.79 Å². The van der Waals surface area contributed by atoms with E-state index in [4.69, 9.17) is 35.3 Å². The summed E-state index contributed by atoms with van der Waals surface area (Å²) in [4.78, 5) is 57.7. The van der Waals surface area contributed by atoms with Gasteiger partial charge < -0.3 is 44.3 Å². The van der Waals surface area contributed by atoms with Crippen LogP contribution in [0, 0.1) is 29.6 Å². The molecule has 4 aliphatic rings. The number of aliphatic hydroxyl groups is 2. The number of carbonyl (C=O) groups excluding carboxylic acids is 4. The van der Waals surface area contributed by atoms with Gasteiger partial charge in [0.1, 0.15) is 24.0 Å². The lowest BCUT2D eigenvalue weighted by Gasteiger charge is -2.47. The van der Waals surface area contributed by atoms with Crippen LogP contribution in [0.2, 0.25) is 0 Å². The van der Waals surface area contributed by atoms with Crippen LogP contribution in [0.1, 0.15) is 112 Å². The number of allylic oxidation sites excluding steroid dienone is 3. The number of rotatable bonds is 6. The summed E-state index contributed by atoms with van der Waals surface area (Å²) in [6, 6.07) is -1.12. The number of alkyl halides is 1. The average Bonchev–Trinajstić information content (AvgIpc) is 3.18. The predicted octanol–water partition coefficient (Wildman–Crippen LogP) is 4.89. The van der Waals surface area contributed by atoms with E-state index in [0.717, 1.165) is 18.4 Å². The molecule has 0 radical (unpaired) electrons. The average molecular weight is 828 g/mol. The van der Waals surface area contributed by atoms with Crippen LogP contribution in [-0.2, 0) is 42.9 Å². The van der Waals surface area contributed by atoms with Gasteiger partial charge in [0, 0.05) is 52.0 Å². The number of Topliss-reactive ketones (excluding diaryl/α,β-unsaturated/α-hetero) is 2. The molecule has 1 aliphatic carbocycles. The molecule has 13 nitrogen and oxygen atoms in total. The number of ketones is 2. The number of ether oxygens (including phenoxy) is 5. The van der Waals surface area contributed by atoms with E-state index in [-0.39, 0.29) is 60.4 Å². The molecule has 14 heteroatoms. The van der Waals surface area contributed by atoms with Crippen LogP contribution in [0.25, 0.3) is 0 Å². The standard InChI is InChI=1S/C43H68ClNO11.H2O/c1-10-30-18-24(2)17-25(3)19-36(53-8)39-37(54-9)21-27(5)43(51,56-39)40(48)41(49)45-16-12-11-13-32(45)42(50)55-38(28(6)33(46)23-34(30)47)26(4)20-29-14-15-31(44)35(22-29)52-7;/h18,20,25,27-33,35-39,46,51H,10-17,19,21-23H2,1-9H3;1H2/b24-18+,26-20+;/t25-,27+,28+,29-,30+,31-,32-,33-,35+,36-,37-,38+,39+,43+;/m0./s1. The highest BCUT2D eigenvalue weighted by atomic mass is 35.5. The fourth-order valence-corrected chi connectivity index (χ4v) is 9.69. The van der Waals surface area contributed by atoms with Crippen molar-refractivity contribution >= 4 is 35.0 Å². The maximum absolute atomic E-state index is 14.3. The van der Waals surface area contributed by atoms with E-state index >= 15 is 0 Å². The Hall–Kier alpha value is -2.23. The number of hydrogen-bond donors (Lipinski definition) is 2. The van der Waals surface area contributed by atoms with E-state index in [1.807, 2.05) is 32.9 Å². The van der Waals surface area contributed by atoms with Crippen molar-refractivity contribution in [1.29, 1.82) is 0 Å². The summed E-state index contributed by atoms with van der Waals surface area (Å²) in [5, 5.41) is 23.6. The third-order valence-electron chi connectivity index (χ3n) is 12.8. The van der Waals surface area contributed by atoms with E-state index in [9.17, 15) is 29.4 Å². The van der Waals surface area contributed by atoms with Crippen LogP contribution in [0.3, 0.4) is 0 Å². The lowest BCUT2D eigenvalue weighted by Crippen LogP contribution is -2.64. The number of piperidine rings is 1. The minimum Gasteiger partial charge on any atom is -0.456 e. The van der Waals surface area contributed by atoms with Crippen molar-refractivity contribution in [1.82, 2.24) is 4.90 Å². The third kappa shape index (κ3) is 11.7. The van der Waals surface area contributed by atoms with Crippen molar-refractivity contribution in [3.05, 3.63) is 23.3 Å². The molecule has 0 aromatic heterocycles. The van der Waals surface area contributed by atoms with E-state index in [2.05, 4.69) is 6.92 Å². The molecule has 326 valence electrons. The zero-order valence-corrected chi connectivity index (χ0v) is 36.3. The Morgan fingerprint density at radius 2 is 1.61 bits per heavy atom. The van der Waals surface area contributed by atoms with Gasteiger partial charge in [-0.05, 0) is 95.5 Å². The molecular formula is C43H70ClNO12. The van der Waals surface area contributed by atoms with Gasteiger partial charge in [-0.3, -0.25) is 14.4 Å². The Labute approximate surface area is 344 Å². The van der Waals surface area contributed by atoms with Gasteiger partial charge in [-0.25, -0.2) is 4.79 Å². The fraction of sp³-hybridized carbons (Fsp3) is 0.814. The Morgan fingerprint density at radius 3 is 2.25 bits per heavy atom. The lowest BCUT2D eigenvalue weighted by atomic mass is 9.82. The molecule has 1 amide bonds. The van der Waals surface area contributed by atoms with E-state index in [1.54, 1.807) is 21.0 Å². The molecule has 1 saturated carbocycles. The van der Waals surface area contributed by atoms with Crippen LogP contribution in [0.15, 0.2) is 23.3 Å². The molecule has 4 rings (SSSR count). The fourth-order valence-electron chi connectivity index (χ4n) is 9.36. The summed E-state index contributed by atoms with van der Waals surface area (Å²) >= 11 is 6.52. The van der Waals surface area contributed by atoms with E-state index < -0.39 is 77.8 Å². The maximum atomic E-state index is 14.3. The van der Waals surface area contributed by atoms with Crippen molar-refractivity contribution in [3.63, 3.8) is 0 Å². The minimum atomic E-state index is -2.49. The number of carbonyl (C=O) groups is 4. The van der Waals surface area contributed by atoms with E-state index in [1.165, 1.54) is 19.1 Å². The normalized spacial score (nSPS) is 40.8. The van der Waals surface area contributed by atoms with Crippen LogP contribution >= 0.6 is 11.6 Å². The third-order valence-corrected chi connectivity index (χ3v) is 13.3. The Kier molecular flexibility index (Phi) is 18.8. The number of fused-ring (bicyclic) bond motifs is 3. The first kappa shape index (κ1) is 49.1. The Morgan fingerprint density at radius 1 is 0.965 bits per heavy atom. The monoisotopic (exact) mass is 827 g/mol. The molecule has 3 heterocycles. The number of amides is 1. The first-order valence-corrected chi connectivity index (χ1v) is 21.2. The summed E-state index contributed by atoms with van der Waals surface area (Å²) in [5.41, 5.74) is 1.71. The van der Waals surface area contributed by atoms with E-state index in [0.29, 0.717) is 44.1 Å². The van der Waals surface area contributed by atoms with Crippen LogP contribution in [0.4, 0.5) is 0 Å². The molecule has 0 unspecified atom stereocenters. The quantitative estimate of drug-likeness (QED) is 0.161. The number of hydrogen-bond acceptors (Lipinski definition) is 11. The van der Waals surface area contributed by atoms with Gasteiger partial charge in [-0.15, -0.1) is 11.6 Å². The molecule has 14 atom stereocenters. The van der Waals surface area contributed by atoms with Crippen LogP contribution in [-0.4, -0.2) is 126 Å². The van der Waals surface area contributed by atoms with Gasteiger partial charge in [-0.1, -0.05) is 45.4 Å². The van der Waals surface area contributed by atoms with Crippen molar-refractivity contribution in [3.8, 4) is 0 Å². The first-order chi connectivity index (χ1) is 26.5. The van der Waals surface area contributed by atoms with Gasteiger partial charge in [-0.2, -0.15) is 0 Å². The number of nitrogens with zero attached hydrogens (tertiary/aromatic N) is 1. The summed E-state index contributed by atoms with van der Waals surface area (Å²) in [6.45, 7) is 11.3. The Balaban J connectivity index is 0.00000870. The molecule has 3 fully saturated rings. The lowest BCUT2D eigenvalue weighted by molar-refractivity contribution is -0.302. The molecule has 0 aromatic carbocycles. The highest BCUT2D eigenvalue weighted by Gasteiger charge is 2.56. The van der Waals surface area contributed by atoms with Gasteiger partial charge in [0.25, 0.3) is 11.7 Å². The van der Waals surface area contributed by atoms with Crippen molar-refractivity contribution in [2.75, 3.05) is 27.9 Å². The number of aliphatic hydroxyl groups excluding tert-OH is 1. The largest absolute Gasteiger partial charge is 0.456 e. The second-order valence-corrected chi connectivity index (χ2v) is 17.7. The molecule has 57 heavy (non-hydrogen) atoms. The highest BCUT2D eigenvalue weighted by molar-refractivity contribution is 6.39. The minimum absolute atomic E-state index is 0. The number of halogens is 1. The molecule has 2 saturated heterocycles. The second kappa shape index (κ2) is 21.9. The van der Waals surface area contributed by atoms with Crippen LogP contribution < -0.4 is 0 Å². The van der Waals surface area contributed by atoms with Crippen molar-refractivity contribution < 1.29 is 58.6 Å². The second-order valence-electron chi connectivity index (χ2n) is 17.1. The Bertz CT molecular complexity index is 1440. The van der Waals surface area contributed by atoms with Gasteiger partial charge >= 0.3 is 5.97 Å². The van der Waals surface area contributed by atoms with Gasteiger partial charge in [0.05, 0.1) is 29.8 Å². The zero-order valence-electron chi connectivity index (χ0n) is 35.5. The smallest absolute Gasteiger partial charge is 0.329 e. The van der Waals surface area contributed by atoms with Crippen molar-refractivity contribution in [2.24, 2.45) is 29.6 Å². The zero-order chi connectivity index (χ0) is 41.5. The maximum Gasteiger partial charge on any atom is 0.329 e. The summed E-state index contributed by atoms with van der Waals surface area (Å²) < 4.78 is 29.9. The number of cyclic esters (lactones) is 1. The summed E-state index contributed by atoms with van der Waals surface area (Å²) in [7, 11) is 4.71. The molecule has 0 aromatic rings. The van der Waals surface area contributed by atoms with Gasteiger partial charge in [0.15, 0.2) is 0 Å². The summed E-state index contributed by atoms with van der Waals surface area (Å²) in [5.74, 6) is -7.31. The topological polar surface area (TPSA) is 190 Å². The van der Waals surface area contributed by atoms with Crippen molar-refractivity contribution in [2.45, 2.75) is 166 Å².